The molecule has 1 heterocycles. The van der Waals surface area contributed by atoms with E-state index in [1.165, 1.54) is 6.26 Å². The Hall–Kier alpha value is -1.77. The number of carbonyl (C=O) groups is 1. The van der Waals surface area contributed by atoms with E-state index < -0.39 is 0 Å². The molecular formula is C11H10O3. The van der Waals surface area contributed by atoms with Crippen molar-refractivity contribution in [3.8, 4) is 5.75 Å². The van der Waals surface area contributed by atoms with Crippen molar-refractivity contribution in [3.05, 3.63) is 36.1 Å². The fraction of sp³-hybridized carbons (Fsp3) is 0.182. The lowest BCUT2D eigenvalue weighted by Gasteiger charge is -2.02. The van der Waals surface area contributed by atoms with E-state index in [-0.39, 0.29) is 5.97 Å². The predicted octanol–water partition coefficient (Wildman–Crippen LogP) is 1.98. The topological polar surface area (TPSA) is 35.5 Å². The summed E-state index contributed by atoms with van der Waals surface area (Å²) in [6.45, 7) is 0. The Morgan fingerprint density at radius 3 is 2.93 bits per heavy atom. The van der Waals surface area contributed by atoms with Gasteiger partial charge in [0.1, 0.15) is 5.75 Å². The lowest BCUT2D eigenvalue weighted by atomic mass is 10.1. The number of rotatable bonds is 2. The molecule has 0 bridgehead atoms. The number of benzene rings is 1. The smallest absolute Gasteiger partial charge is 0.315 e. The first-order valence-corrected chi connectivity index (χ1v) is 4.32. The van der Waals surface area contributed by atoms with Crippen molar-refractivity contribution < 1.29 is 14.3 Å². The highest BCUT2D eigenvalue weighted by Crippen LogP contribution is 2.26. The van der Waals surface area contributed by atoms with Crippen molar-refractivity contribution in [1.82, 2.24) is 0 Å². The molecule has 0 aliphatic carbocycles. The quantitative estimate of drug-likeness (QED) is 0.669. The Morgan fingerprint density at radius 2 is 2.29 bits per heavy atom. The lowest BCUT2D eigenvalue weighted by Crippen LogP contribution is -1.91. The van der Waals surface area contributed by atoms with Crippen LogP contribution in [0.2, 0.25) is 0 Å². The van der Waals surface area contributed by atoms with Gasteiger partial charge in [0, 0.05) is 5.57 Å². The van der Waals surface area contributed by atoms with Gasteiger partial charge in [0.25, 0.3) is 0 Å². The van der Waals surface area contributed by atoms with Gasteiger partial charge in [0.15, 0.2) is 0 Å². The zero-order chi connectivity index (χ0) is 9.97. The normalized spacial score (nSPS) is 14.9. The van der Waals surface area contributed by atoms with Gasteiger partial charge in [-0.05, 0) is 17.7 Å². The first kappa shape index (κ1) is 8.81. The molecule has 14 heavy (non-hydrogen) atoms. The van der Waals surface area contributed by atoms with Gasteiger partial charge in [-0.25, -0.2) is 0 Å². The summed E-state index contributed by atoms with van der Waals surface area (Å²) in [5.41, 5.74) is 1.86. The summed E-state index contributed by atoms with van der Waals surface area (Å²) in [5.74, 6) is 0.575. The van der Waals surface area contributed by atoms with Crippen LogP contribution in [0.3, 0.4) is 0 Å². The molecule has 1 aromatic rings. The van der Waals surface area contributed by atoms with Crippen molar-refractivity contribution in [2.45, 2.75) is 6.42 Å². The molecule has 1 aromatic carbocycles. The van der Waals surface area contributed by atoms with Gasteiger partial charge in [0.2, 0.25) is 0 Å². The van der Waals surface area contributed by atoms with Crippen molar-refractivity contribution in [1.29, 1.82) is 0 Å². The van der Waals surface area contributed by atoms with E-state index in [4.69, 9.17) is 9.47 Å². The molecule has 0 spiro atoms. The second kappa shape index (κ2) is 3.54. The number of hydrogen-bond donors (Lipinski definition) is 0. The van der Waals surface area contributed by atoms with Crippen LogP contribution < -0.4 is 4.74 Å². The van der Waals surface area contributed by atoms with E-state index in [1.807, 2.05) is 24.3 Å². The van der Waals surface area contributed by atoms with Crippen LogP contribution in [0.15, 0.2) is 30.5 Å². The lowest BCUT2D eigenvalue weighted by molar-refractivity contribution is -0.135. The summed E-state index contributed by atoms with van der Waals surface area (Å²) in [5, 5.41) is 0. The van der Waals surface area contributed by atoms with Crippen LogP contribution >= 0.6 is 0 Å². The monoisotopic (exact) mass is 190 g/mol. The van der Waals surface area contributed by atoms with Gasteiger partial charge in [-0.3, -0.25) is 4.79 Å². The molecule has 72 valence electrons. The fourth-order valence-corrected chi connectivity index (χ4v) is 1.37. The highest BCUT2D eigenvalue weighted by Gasteiger charge is 2.16. The highest BCUT2D eigenvalue weighted by molar-refractivity contribution is 5.89. The second-order valence-corrected chi connectivity index (χ2v) is 3.04. The summed E-state index contributed by atoms with van der Waals surface area (Å²) >= 11 is 0. The Bertz CT molecular complexity index is 393. The molecule has 0 unspecified atom stereocenters. The van der Waals surface area contributed by atoms with Crippen LogP contribution in [-0.2, 0) is 9.53 Å². The molecule has 0 radical (unpaired) electrons. The van der Waals surface area contributed by atoms with E-state index in [1.54, 1.807) is 7.11 Å². The molecule has 3 heteroatoms. The van der Waals surface area contributed by atoms with Crippen LogP contribution in [-0.4, -0.2) is 13.1 Å². The van der Waals surface area contributed by atoms with E-state index >= 15 is 0 Å². The van der Waals surface area contributed by atoms with Crippen LogP contribution in [0.1, 0.15) is 12.0 Å². The summed E-state index contributed by atoms with van der Waals surface area (Å²) in [7, 11) is 1.61. The first-order valence-electron chi connectivity index (χ1n) is 4.32. The summed E-state index contributed by atoms with van der Waals surface area (Å²) in [6.07, 6.45) is 1.84. The number of esters is 1. The molecule has 2 rings (SSSR count). The minimum atomic E-state index is -0.206. The van der Waals surface area contributed by atoms with Crippen molar-refractivity contribution in [3.63, 3.8) is 0 Å². The van der Waals surface area contributed by atoms with E-state index in [9.17, 15) is 4.79 Å². The third-order valence-corrected chi connectivity index (χ3v) is 2.11. The minimum Gasteiger partial charge on any atom is -0.497 e. The van der Waals surface area contributed by atoms with Gasteiger partial charge in [-0.1, -0.05) is 12.1 Å². The van der Waals surface area contributed by atoms with Gasteiger partial charge in [-0.2, -0.15) is 0 Å². The Labute approximate surface area is 81.9 Å². The van der Waals surface area contributed by atoms with Crippen LogP contribution in [0, 0.1) is 0 Å². The maximum atomic E-state index is 10.9. The molecule has 0 saturated carbocycles. The average molecular weight is 190 g/mol. The SMILES string of the molecule is COc1cccc(C2=COC(=O)C2)c1. The number of cyclic esters (lactones) is 1. The molecule has 3 nitrogen and oxygen atoms in total. The summed E-state index contributed by atoms with van der Waals surface area (Å²) in [6, 6.07) is 7.56. The summed E-state index contributed by atoms with van der Waals surface area (Å²) < 4.78 is 9.84. The maximum absolute atomic E-state index is 10.9. The highest BCUT2D eigenvalue weighted by atomic mass is 16.5. The molecule has 1 aliphatic heterocycles. The minimum absolute atomic E-state index is 0.206. The molecule has 0 saturated heterocycles. The van der Waals surface area contributed by atoms with Gasteiger partial charge >= 0.3 is 5.97 Å². The molecule has 0 atom stereocenters. The standard InChI is InChI=1S/C11H10O3/c1-13-10-4-2-3-8(5-10)9-6-11(12)14-7-9/h2-5,7H,6H2,1H3. The molecule has 0 fully saturated rings. The third kappa shape index (κ3) is 1.62. The second-order valence-electron chi connectivity index (χ2n) is 3.04. The van der Waals surface area contributed by atoms with Gasteiger partial charge in [0.05, 0.1) is 19.8 Å². The molecule has 0 aromatic heterocycles. The Balaban J connectivity index is 2.28. The zero-order valence-corrected chi connectivity index (χ0v) is 7.82. The van der Waals surface area contributed by atoms with E-state index in [2.05, 4.69) is 0 Å². The molecule has 0 N–H and O–H groups in total. The molecule has 1 aliphatic rings. The summed E-state index contributed by atoms with van der Waals surface area (Å²) in [4.78, 5) is 10.9. The fourth-order valence-electron chi connectivity index (χ4n) is 1.37. The van der Waals surface area contributed by atoms with E-state index in [0.717, 1.165) is 16.9 Å². The third-order valence-electron chi connectivity index (χ3n) is 2.11. The Morgan fingerprint density at radius 1 is 1.43 bits per heavy atom. The number of methoxy groups -OCH3 is 1. The zero-order valence-electron chi connectivity index (χ0n) is 7.82. The number of hydrogen-bond acceptors (Lipinski definition) is 3. The largest absolute Gasteiger partial charge is 0.497 e. The van der Waals surface area contributed by atoms with Gasteiger partial charge < -0.3 is 9.47 Å². The van der Waals surface area contributed by atoms with Crippen molar-refractivity contribution >= 4 is 11.5 Å². The maximum Gasteiger partial charge on any atom is 0.315 e. The average Bonchev–Trinajstić information content (AvgIpc) is 2.65. The first-order chi connectivity index (χ1) is 6.79. The van der Waals surface area contributed by atoms with Crippen molar-refractivity contribution in [2.24, 2.45) is 0 Å². The number of ether oxygens (including phenoxy) is 2. The molecular weight excluding hydrogens is 180 g/mol. The van der Waals surface area contributed by atoms with Crippen LogP contribution in [0.5, 0.6) is 5.75 Å². The molecule has 0 amide bonds. The van der Waals surface area contributed by atoms with Crippen LogP contribution in [0.4, 0.5) is 0 Å². The Kier molecular flexibility index (Phi) is 2.23. The van der Waals surface area contributed by atoms with E-state index in [0.29, 0.717) is 6.42 Å². The van der Waals surface area contributed by atoms with Crippen LogP contribution in [0.25, 0.3) is 5.57 Å². The predicted molar refractivity (Wildman–Crippen MR) is 51.7 cm³/mol. The number of carbonyl (C=O) groups excluding carboxylic acids is 1. The van der Waals surface area contributed by atoms with Gasteiger partial charge in [-0.15, -0.1) is 0 Å². The van der Waals surface area contributed by atoms with Crippen molar-refractivity contribution in [2.75, 3.05) is 7.11 Å².